The Morgan fingerprint density at radius 2 is 2.05 bits per heavy atom. The van der Waals surface area contributed by atoms with Crippen LogP contribution >= 0.6 is 11.8 Å². The van der Waals surface area contributed by atoms with E-state index in [9.17, 15) is 14.4 Å². The molecule has 2 N–H and O–H groups in total. The van der Waals surface area contributed by atoms with Crippen molar-refractivity contribution in [1.29, 1.82) is 0 Å². The lowest BCUT2D eigenvalue weighted by Gasteiger charge is -2.17. The molecule has 20 heavy (non-hydrogen) atoms. The van der Waals surface area contributed by atoms with Crippen LogP contribution < -0.4 is 10.6 Å². The molecule has 112 valence electrons. The van der Waals surface area contributed by atoms with Gasteiger partial charge in [0.2, 0.25) is 5.91 Å². The predicted octanol–water partition coefficient (Wildman–Crippen LogP) is 0.719. The molecular formula is C13H21N3O3S. The van der Waals surface area contributed by atoms with Crippen molar-refractivity contribution in [2.45, 2.75) is 43.9 Å². The molecule has 7 heteroatoms. The van der Waals surface area contributed by atoms with Crippen LogP contribution in [0.1, 0.15) is 33.1 Å². The van der Waals surface area contributed by atoms with E-state index < -0.39 is 5.54 Å². The Morgan fingerprint density at radius 3 is 2.70 bits per heavy atom. The molecule has 0 aromatic heterocycles. The van der Waals surface area contributed by atoms with Crippen molar-refractivity contribution >= 4 is 29.6 Å². The highest BCUT2D eigenvalue weighted by molar-refractivity contribution is 8.00. The molecule has 2 fully saturated rings. The van der Waals surface area contributed by atoms with E-state index in [0.29, 0.717) is 12.3 Å². The highest BCUT2D eigenvalue weighted by atomic mass is 32.2. The molecule has 2 aliphatic rings. The number of carbonyl (C=O) groups excluding carboxylic acids is 3. The normalized spacial score (nSPS) is 26.2. The fraction of sp³-hybridized carbons (Fsp3) is 0.769. The number of hydrogen-bond donors (Lipinski definition) is 2. The zero-order chi connectivity index (χ0) is 14.8. The Labute approximate surface area is 123 Å². The quantitative estimate of drug-likeness (QED) is 0.750. The second-order valence-electron chi connectivity index (χ2n) is 5.66. The van der Waals surface area contributed by atoms with Crippen LogP contribution in [0.15, 0.2) is 0 Å². The van der Waals surface area contributed by atoms with E-state index in [-0.39, 0.29) is 23.1 Å². The second kappa shape index (κ2) is 6.03. The molecule has 0 unspecified atom stereocenters. The predicted molar refractivity (Wildman–Crippen MR) is 77.4 cm³/mol. The minimum atomic E-state index is -0.818. The Balaban J connectivity index is 1.82. The highest BCUT2D eigenvalue weighted by Crippen LogP contribution is 2.22. The van der Waals surface area contributed by atoms with Crippen LogP contribution in [-0.2, 0) is 9.59 Å². The van der Waals surface area contributed by atoms with Gasteiger partial charge in [-0.05, 0) is 26.7 Å². The van der Waals surface area contributed by atoms with Crippen LogP contribution in [0, 0.1) is 0 Å². The zero-order valence-corrected chi connectivity index (χ0v) is 12.7. The summed E-state index contributed by atoms with van der Waals surface area (Å²) in [5, 5.41) is 5.47. The minimum Gasteiger partial charge on any atom is -0.355 e. The van der Waals surface area contributed by atoms with Gasteiger partial charge >= 0.3 is 6.03 Å². The Kier molecular flexibility index (Phi) is 4.57. The number of urea groups is 1. The molecule has 0 bridgehead atoms. The Bertz CT molecular complexity index is 425. The van der Waals surface area contributed by atoms with E-state index in [4.69, 9.17) is 0 Å². The number of hydrogen-bond acceptors (Lipinski definition) is 4. The van der Waals surface area contributed by atoms with Gasteiger partial charge in [-0.3, -0.25) is 14.5 Å². The molecule has 0 radical (unpaired) electrons. The summed E-state index contributed by atoms with van der Waals surface area (Å²) in [4.78, 5) is 36.7. The van der Waals surface area contributed by atoms with Crippen LogP contribution in [0.5, 0.6) is 0 Å². The number of carbonyl (C=O) groups is 3. The number of nitrogens with zero attached hydrogens (tertiary/aromatic N) is 1. The van der Waals surface area contributed by atoms with E-state index in [1.165, 1.54) is 16.7 Å². The second-order valence-corrected chi connectivity index (χ2v) is 6.97. The van der Waals surface area contributed by atoms with E-state index >= 15 is 0 Å². The van der Waals surface area contributed by atoms with Gasteiger partial charge in [0.1, 0.15) is 5.54 Å². The summed E-state index contributed by atoms with van der Waals surface area (Å²) in [6.07, 6.45) is 2.92. The molecule has 2 heterocycles. The molecule has 0 aliphatic carbocycles. The largest absolute Gasteiger partial charge is 0.355 e. The molecule has 2 aliphatic heterocycles. The monoisotopic (exact) mass is 299 g/mol. The lowest BCUT2D eigenvalue weighted by atomic mass is 10.1. The van der Waals surface area contributed by atoms with Crippen molar-refractivity contribution in [3.63, 3.8) is 0 Å². The molecular weight excluding hydrogens is 278 g/mol. The first-order valence-electron chi connectivity index (χ1n) is 6.95. The van der Waals surface area contributed by atoms with Crippen LogP contribution in [0.3, 0.4) is 0 Å². The molecule has 0 spiro atoms. The van der Waals surface area contributed by atoms with Gasteiger partial charge < -0.3 is 10.6 Å². The van der Waals surface area contributed by atoms with Crippen molar-refractivity contribution in [3.05, 3.63) is 0 Å². The lowest BCUT2D eigenvalue weighted by Crippen LogP contribution is -2.40. The topological polar surface area (TPSA) is 78.5 Å². The first kappa shape index (κ1) is 15.2. The SMILES string of the molecule is CC1(C)NC(=O)N(CCS[C@H]2CCCCNC2=O)C1=O. The fourth-order valence-electron chi connectivity index (χ4n) is 2.38. The molecule has 4 amide bonds. The fourth-order valence-corrected chi connectivity index (χ4v) is 3.52. The summed E-state index contributed by atoms with van der Waals surface area (Å²) in [7, 11) is 0. The summed E-state index contributed by atoms with van der Waals surface area (Å²) in [6, 6.07) is -0.342. The molecule has 2 rings (SSSR count). The van der Waals surface area contributed by atoms with E-state index in [0.717, 1.165) is 25.8 Å². The number of amides is 4. The number of imide groups is 1. The Hall–Kier alpha value is -1.24. The van der Waals surface area contributed by atoms with Gasteiger partial charge in [-0.15, -0.1) is 11.8 Å². The van der Waals surface area contributed by atoms with Gasteiger partial charge in [-0.2, -0.15) is 0 Å². The van der Waals surface area contributed by atoms with Gasteiger partial charge in [0.15, 0.2) is 0 Å². The van der Waals surface area contributed by atoms with E-state index in [2.05, 4.69) is 10.6 Å². The summed E-state index contributed by atoms with van der Waals surface area (Å²) in [5.41, 5.74) is -0.818. The van der Waals surface area contributed by atoms with Gasteiger partial charge in [0, 0.05) is 18.8 Å². The molecule has 2 saturated heterocycles. The van der Waals surface area contributed by atoms with Crippen molar-refractivity contribution in [3.8, 4) is 0 Å². The number of rotatable bonds is 4. The molecule has 6 nitrogen and oxygen atoms in total. The van der Waals surface area contributed by atoms with Crippen molar-refractivity contribution in [2.24, 2.45) is 0 Å². The molecule has 1 atom stereocenters. The zero-order valence-electron chi connectivity index (χ0n) is 11.9. The third kappa shape index (κ3) is 3.26. The average Bonchev–Trinajstić information content (AvgIpc) is 2.54. The van der Waals surface area contributed by atoms with Crippen molar-refractivity contribution in [2.75, 3.05) is 18.8 Å². The first-order valence-corrected chi connectivity index (χ1v) is 8.00. The summed E-state index contributed by atoms with van der Waals surface area (Å²) >= 11 is 1.52. The van der Waals surface area contributed by atoms with Gasteiger partial charge in [-0.1, -0.05) is 6.42 Å². The van der Waals surface area contributed by atoms with E-state index in [1.807, 2.05) is 0 Å². The van der Waals surface area contributed by atoms with Crippen molar-refractivity contribution < 1.29 is 14.4 Å². The smallest absolute Gasteiger partial charge is 0.325 e. The van der Waals surface area contributed by atoms with Gasteiger partial charge in [0.05, 0.1) is 5.25 Å². The van der Waals surface area contributed by atoms with Crippen molar-refractivity contribution in [1.82, 2.24) is 15.5 Å². The van der Waals surface area contributed by atoms with Crippen LogP contribution in [0.4, 0.5) is 4.79 Å². The maximum atomic E-state index is 12.0. The lowest BCUT2D eigenvalue weighted by molar-refractivity contribution is -0.130. The van der Waals surface area contributed by atoms with Crippen LogP contribution in [0.2, 0.25) is 0 Å². The van der Waals surface area contributed by atoms with Crippen LogP contribution in [-0.4, -0.2) is 52.4 Å². The van der Waals surface area contributed by atoms with Gasteiger partial charge in [-0.25, -0.2) is 4.79 Å². The third-order valence-corrected chi connectivity index (χ3v) is 4.83. The van der Waals surface area contributed by atoms with Crippen LogP contribution in [0.25, 0.3) is 0 Å². The standard InChI is InChI=1S/C13H21N3O3S/c1-13(2)11(18)16(12(19)15-13)7-8-20-9-5-3-4-6-14-10(9)17/h9H,3-8H2,1-2H3,(H,14,17)(H,15,19)/t9-/m0/s1. The number of thioether (sulfide) groups is 1. The van der Waals surface area contributed by atoms with E-state index in [1.54, 1.807) is 13.8 Å². The van der Waals surface area contributed by atoms with Gasteiger partial charge in [0.25, 0.3) is 5.91 Å². The summed E-state index contributed by atoms with van der Waals surface area (Å²) in [5.74, 6) is 0.464. The highest BCUT2D eigenvalue weighted by Gasteiger charge is 2.43. The molecule has 0 aromatic carbocycles. The maximum Gasteiger partial charge on any atom is 0.325 e. The summed E-state index contributed by atoms with van der Waals surface area (Å²) in [6.45, 7) is 4.48. The number of nitrogens with one attached hydrogen (secondary N) is 2. The Morgan fingerprint density at radius 1 is 1.30 bits per heavy atom. The summed E-state index contributed by atoms with van der Waals surface area (Å²) < 4.78 is 0. The molecule has 0 aromatic rings. The first-order chi connectivity index (χ1) is 9.42. The maximum absolute atomic E-state index is 12.0. The third-order valence-electron chi connectivity index (χ3n) is 3.56. The average molecular weight is 299 g/mol. The molecule has 0 saturated carbocycles. The minimum absolute atomic E-state index is 0.0636.